The summed E-state index contributed by atoms with van der Waals surface area (Å²) in [5.74, 6) is 1.74. The monoisotopic (exact) mass is 843 g/mol. The maximum atomic E-state index is 6.92. The molecule has 312 valence electrons. The second-order valence-electron chi connectivity index (χ2n) is 18.3. The summed E-state index contributed by atoms with van der Waals surface area (Å²) in [6.45, 7) is 4.75. The quantitative estimate of drug-likeness (QED) is 0.165. The molecular weight excluding hydrogens is 799 g/mol. The Hall–Kier alpha value is -8.20. The first-order chi connectivity index (χ1) is 32.5. The smallest absolute Gasteiger partial charge is 0.132 e. The molecule has 0 saturated carbocycles. The van der Waals surface area contributed by atoms with Gasteiger partial charge < -0.3 is 9.64 Å². The first kappa shape index (κ1) is 38.3. The Kier molecular flexibility index (Phi) is 8.51. The SMILES string of the molecule is CC1(C)c2ccccc2-c2c(-c3ccc(N(c4ccc(-c5ccccc5)cc4)c4ccccc4-c4ccccc4)c4c3-c3ccccc3C43c4ccccc4Oc4ccccc43)cccc21. The molecule has 2 nitrogen and oxygen atoms in total. The lowest BCUT2D eigenvalue weighted by Crippen LogP contribution is -2.33. The van der Waals surface area contributed by atoms with Gasteiger partial charge in [0.05, 0.1) is 16.8 Å². The number of anilines is 3. The van der Waals surface area contributed by atoms with Crippen molar-refractivity contribution in [1.82, 2.24) is 0 Å². The summed E-state index contributed by atoms with van der Waals surface area (Å²) in [4.78, 5) is 2.53. The number of ether oxygens (including phenoxy) is 1. The highest BCUT2D eigenvalue weighted by Crippen LogP contribution is 2.67. The van der Waals surface area contributed by atoms with Crippen LogP contribution in [0.4, 0.5) is 17.1 Å². The minimum absolute atomic E-state index is 0.146. The van der Waals surface area contributed by atoms with Crippen LogP contribution in [0.25, 0.3) is 55.6 Å². The molecule has 0 fully saturated rings. The highest BCUT2D eigenvalue weighted by atomic mass is 16.5. The second kappa shape index (κ2) is 14.7. The fraction of sp³-hybridized carbons (Fsp3) is 0.0625. The van der Waals surface area contributed by atoms with E-state index in [9.17, 15) is 0 Å². The number of benzene rings is 10. The molecular formula is C64H45NO. The van der Waals surface area contributed by atoms with Gasteiger partial charge in [0.25, 0.3) is 0 Å². The number of hydrogen-bond acceptors (Lipinski definition) is 2. The first-order valence-corrected chi connectivity index (χ1v) is 23.0. The van der Waals surface area contributed by atoms with Crippen LogP contribution in [0.15, 0.2) is 237 Å². The van der Waals surface area contributed by atoms with E-state index in [2.05, 4.69) is 255 Å². The molecule has 0 saturated heterocycles. The summed E-state index contributed by atoms with van der Waals surface area (Å²) in [5, 5.41) is 0. The Morgan fingerprint density at radius 2 is 0.803 bits per heavy atom. The Balaban J connectivity index is 1.19. The molecule has 1 spiro atoms. The van der Waals surface area contributed by atoms with Crippen LogP contribution in [0.3, 0.4) is 0 Å². The maximum Gasteiger partial charge on any atom is 0.132 e. The standard InChI is InChI=1S/C64H45NO/c1-63(2)51-28-12-9-25-49(51)60-47(27-19-32-55(60)63)48-40-41-57(62-61(48)50-26-10-13-29-52(50)64(62)53-30-14-17-34-58(53)66-59-35-18-15-31-54(59)64)65(45-38-36-43(37-39-45)42-20-5-3-6-21-42)56-33-16-11-24-46(56)44-22-7-4-8-23-44/h3-41H,1-2H3. The molecule has 66 heavy (non-hydrogen) atoms. The van der Waals surface area contributed by atoms with E-state index in [-0.39, 0.29) is 5.41 Å². The minimum Gasteiger partial charge on any atom is -0.457 e. The van der Waals surface area contributed by atoms with Crippen molar-refractivity contribution in [2.24, 2.45) is 0 Å². The number of nitrogens with zero attached hydrogens (tertiary/aromatic N) is 1. The average Bonchev–Trinajstić information content (AvgIpc) is 3.81. The first-order valence-electron chi connectivity index (χ1n) is 23.0. The molecule has 0 aromatic heterocycles. The van der Waals surface area contributed by atoms with E-state index in [0.717, 1.165) is 50.8 Å². The summed E-state index contributed by atoms with van der Waals surface area (Å²) in [6, 6.07) is 86.9. The van der Waals surface area contributed by atoms with Gasteiger partial charge in [0, 0.05) is 33.4 Å². The summed E-state index contributed by atoms with van der Waals surface area (Å²) in [7, 11) is 0. The van der Waals surface area contributed by atoms with Crippen LogP contribution in [0.5, 0.6) is 11.5 Å². The van der Waals surface area contributed by atoms with Gasteiger partial charge in [-0.2, -0.15) is 0 Å². The van der Waals surface area contributed by atoms with Gasteiger partial charge in [-0.05, 0) is 103 Å². The Morgan fingerprint density at radius 3 is 1.48 bits per heavy atom. The molecule has 0 amide bonds. The minimum atomic E-state index is -0.748. The van der Waals surface area contributed by atoms with Crippen LogP contribution in [0, 0.1) is 0 Å². The van der Waals surface area contributed by atoms with Crippen molar-refractivity contribution in [2.45, 2.75) is 24.7 Å². The summed E-state index contributed by atoms with van der Waals surface area (Å²) < 4.78 is 6.92. The average molecular weight is 844 g/mol. The lowest BCUT2D eigenvalue weighted by Gasteiger charge is -2.42. The van der Waals surface area contributed by atoms with E-state index in [1.807, 2.05) is 0 Å². The Morgan fingerprint density at radius 1 is 0.318 bits per heavy atom. The topological polar surface area (TPSA) is 12.5 Å². The molecule has 0 atom stereocenters. The highest BCUT2D eigenvalue weighted by molar-refractivity contribution is 6.06. The normalized spacial score (nSPS) is 14.0. The van der Waals surface area contributed by atoms with E-state index in [4.69, 9.17) is 4.74 Å². The molecule has 0 bridgehead atoms. The van der Waals surface area contributed by atoms with Crippen LogP contribution in [-0.2, 0) is 10.8 Å². The fourth-order valence-electron chi connectivity index (χ4n) is 11.7. The number of para-hydroxylation sites is 3. The van der Waals surface area contributed by atoms with Crippen LogP contribution < -0.4 is 9.64 Å². The molecule has 13 rings (SSSR count). The number of fused-ring (bicyclic) bond motifs is 12. The van der Waals surface area contributed by atoms with Crippen molar-refractivity contribution in [3.05, 3.63) is 270 Å². The van der Waals surface area contributed by atoms with Crippen LogP contribution in [0.1, 0.15) is 47.2 Å². The molecule has 2 heteroatoms. The van der Waals surface area contributed by atoms with E-state index < -0.39 is 5.41 Å². The predicted molar refractivity (Wildman–Crippen MR) is 272 cm³/mol. The lowest BCUT2D eigenvalue weighted by atomic mass is 9.65. The van der Waals surface area contributed by atoms with Gasteiger partial charge in [0.1, 0.15) is 11.5 Å². The summed E-state index contributed by atoms with van der Waals surface area (Å²) >= 11 is 0. The van der Waals surface area contributed by atoms with Gasteiger partial charge in [-0.1, -0.05) is 214 Å². The van der Waals surface area contributed by atoms with Crippen LogP contribution in [-0.4, -0.2) is 0 Å². The van der Waals surface area contributed by atoms with Gasteiger partial charge in [0.2, 0.25) is 0 Å². The van der Waals surface area contributed by atoms with Crippen molar-refractivity contribution in [3.8, 4) is 67.1 Å². The maximum absolute atomic E-state index is 6.92. The van der Waals surface area contributed by atoms with E-state index in [0.29, 0.717) is 0 Å². The molecule has 0 unspecified atom stereocenters. The van der Waals surface area contributed by atoms with E-state index in [1.54, 1.807) is 0 Å². The van der Waals surface area contributed by atoms with Gasteiger partial charge in [-0.15, -0.1) is 0 Å². The van der Waals surface area contributed by atoms with Gasteiger partial charge in [0.15, 0.2) is 0 Å². The zero-order valence-electron chi connectivity index (χ0n) is 36.9. The van der Waals surface area contributed by atoms with Crippen molar-refractivity contribution in [3.63, 3.8) is 0 Å². The third-order valence-corrected chi connectivity index (χ3v) is 14.6. The molecule has 0 radical (unpaired) electrons. The third-order valence-electron chi connectivity index (χ3n) is 14.6. The summed E-state index contributed by atoms with van der Waals surface area (Å²) in [5.41, 5.74) is 22.1. The summed E-state index contributed by atoms with van der Waals surface area (Å²) in [6.07, 6.45) is 0. The van der Waals surface area contributed by atoms with E-state index in [1.165, 1.54) is 66.8 Å². The molecule has 10 aromatic carbocycles. The zero-order valence-corrected chi connectivity index (χ0v) is 36.9. The predicted octanol–water partition coefficient (Wildman–Crippen LogP) is 16.9. The second-order valence-corrected chi connectivity index (χ2v) is 18.3. The molecule has 1 heterocycles. The third kappa shape index (κ3) is 5.42. The van der Waals surface area contributed by atoms with Crippen LogP contribution in [0.2, 0.25) is 0 Å². The van der Waals surface area contributed by atoms with Crippen molar-refractivity contribution in [1.29, 1.82) is 0 Å². The molecule has 2 aliphatic carbocycles. The Labute approximate surface area is 386 Å². The van der Waals surface area contributed by atoms with Crippen LogP contribution >= 0.6 is 0 Å². The molecule has 10 aromatic rings. The Bertz CT molecular complexity index is 3480. The largest absolute Gasteiger partial charge is 0.457 e. The van der Waals surface area contributed by atoms with Crippen molar-refractivity contribution in [2.75, 3.05) is 4.90 Å². The molecule has 0 N–H and O–H groups in total. The zero-order chi connectivity index (χ0) is 44.0. The van der Waals surface area contributed by atoms with Gasteiger partial charge in [-0.25, -0.2) is 0 Å². The fourth-order valence-corrected chi connectivity index (χ4v) is 11.7. The highest BCUT2D eigenvalue weighted by Gasteiger charge is 2.54. The lowest BCUT2D eigenvalue weighted by molar-refractivity contribution is 0.436. The van der Waals surface area contributed by atoms with Gasteiger partial charge in [-0.3, -0.25) is 0 Å². The number of rotatable bonds is 6. The van der Waals surface area contributed by atoms with Crippen molar-refractivity contribution >= 4 is 17.1 Å². The molecule has 3 aliphatic rings. The molecule has 1 aliphatic heterocycles. The van der Waals surface area contributed by atoms with E-state index >= 15 is 0 Å². The van der Waals surface area contributed by atoms with Gasteiger partial charge >= 0.3 is 0 Å². The number of hydrogen-bond donors (Lipinski definition) is 0. The van der Waals surface area contributed by atoms with Crippen molar-refractivity contribution < 1.29 is 4.74 Å².